The van der Waals surface area contributed by atoms with Gasteiger partial charge in [0.25, 0.3) is 11.5 Å². The van der Waals surface area contributed by atoms with Crippen molar-refractivity contribution in [2.24, 2.45) is 11.8 Å². The Kier molecular flexibility index (Phi) is 11.5. The molecular formula is C34H44ClN5O6S. The minimum absolute atomic E-state index is 0. The Labute approximate surface area is 285 Å². The van der Waals surface area contributed by atoms with Crippen molar-refractivity contribution in [2.45, 2.75) is 76.3 Å². The fourth-order valence-corrected chi connectivity index (χ4v) is 7.90. The van der Waals surface area contributed by atoms with Gasteiger partial charge in [0.2, 0.25) is 5.91 Å². The van der Waals surface area contributed by atoms with Crippen LogP contribution in [-0.2, 0) is 9.53 Å². The molecule has 1 aliphatic carbocycles. The topological polar surface area (TPSA) is 137 Å². The third-order valence-corrected chi connectivity index (χ3v) is 10.8. The van der Waals surface area contributed by atoms with Crippen LogP contribution in [0.2, 0.25) is 0 Å². The lowest BCUT2D eigenvalue weighted by Crippen LogP contribution is -2.49. The first-order chi connectivity index (χ1) is 22.2. The van der Waals surface area contributed by atoms with E-state index in [0.29, 0.717) is 16.5 Å². The predicted octanol–water partition coefficient (Wildman–Crippen LogP) is 4.54. The number of aliphatic hydroxyl groups is 2. The minimum Gasteiger partial charge on any atom is -0.394 e. The first kappa shape index (κ1) is 35.2. The normalized spacial score (nSPS) is 25.2. The van der Waals surface area contributed by atoms with Crippen molar-refractivity contribution in [3.8, 4) is 10.4 Å². The van der Waals surface area contributed by atoms with E-state index in [9.17, 15) is 24.6 Å². The molecule has 3 N–H and O–H groups in total. The van der Waals surface area contributed by atoms with Crippen LogP contribution in [0.1, 0.15) is 67.8 Å². The third kappa shape index (κ3) is 7.79. The Morgan fingerprint density at radius 3 is 2.47 bits per heavy atom. The third-order valence-electron chi connectivity index (χ3n) is 9.66. The van der Waals surface area contributed by atoms with Gasteiger partial charge in [0.05, 0.1) is 30.8 Å². The van der Waals surface area contributed by atoms with Gasteiger partial charge in [-0.2, -0.15) is 0 Å². The number of hydrogen-bond acceptors (Lipinski definition) is 9. The Morgan fingerprint density at radius 2 is 1.81 bits per heavy atom. The molecule has 2 aliphatic heterocycles. The van der Waals surface area contributed by atoms with Gasteiger partial charge < -0.3 is 30.1 Å². The number of benzene rings is 1. The van der Waals surface area contributed by atoms with Gasteiger partial charge >= 0.3 is 0 Å². The van der Waals surface area contributed by atoms with Crippen molar-refractivity contribution in [2.75, 3.05) is 37.0 Å². The van der Waals surface area contributed by atoms with Crippen LogP contribution in [0, 0.1) is 11.8 Å². The molecule has 2 amide bonds. The van der Waals surface area contributed by atoms with E-state index in [0.717, 1.165) is 68.3 Å². The number of aliphatic hydroxyl groups excluding tert-OH is 2. The summed E-state index contributed by atoms with van der Waals surface area (Å²) in [6.45, 7) is 3.60. The van der Waals surface area contributed by atoms with E-state index in [1.807, 2.05) is 41.3 Å². The highest BCUT2D eigenvalue weighted by Crippen LogP contribution is 2.41. The monoisotopic (exact) mass is 685 g/mol. The number of ether oxygens (including phenoxy) is 1. The number of rotatable bonds is 8. The zero-order valence-corrected chi connectivity index (χ0v) is 28.4. The molecule has 3 fully saturated rings. The number of hydrogen-bond donors (Lipinski definition) is 3. The van der Waals surface area contributed by atoms with Crippen LogP contribution < -0.4 is 15.8 Å². The SMILES string of the molecule is CC1CCC(C(=O)N(c2cc(-c3ccccc3)sc2C(=O)Nc2cn([C@H]3C[C@H](O)[C@@H](CO)O3)c(=O)cn2)C2CCN(C)CC2)CC1.Cl. The summed E-state index contributed by atoms with van der Waals surface area (Å²) < 4.78 is 6.95. The number of likely N-dealkylation sites (tertiary alicyclic amines) is 1. The molecule has 13 heteroatoms. The second kappa shape index (κ2) is 15.4. The molecule has 0 radical (unpaired) electrons. The molecule has 2 saturated heterocycles. The lowest BCUT2D eigenvalue weighted by molar-refractivity contribution is -0.124. The first-order valence-electron chi connectivity index (χ1n) is 16.3. The summed E-state index contributed by atoms with van der Waals surface area (Å²) in [6.07, 6.45) is 5.45. The fourth-order valence-electron chi connectivity index (χ4n) is 6.85. The number of carbonyl (C=O) groups excluding carboxylic acids is 2. The van der Waals surface area contributed by atoms with E-state index in [1.54, 1.807) is 0 Å². The smallest absolute Gasteiger partial charge is 0.271 e. The molecule has 3 aromatic rings. The average molecular weight is 686 g/mol. The van der Waals surface area contributed by atoms with E-state index >= 15 is 0 Å². The molecule has 4 heterocycles. The van der Waals surface area contributed by atoms with Gasteiger partial charge in [0.1, 0.15) is 23.0 Å². The van der Waals surface area contributed by atoms with Crippen molar-refractivity contribution in [3.63, 3.8) is 0 Å². The highest BCUT2D eigenvalue weighted by molar-refractivity contribution is 7.18. The lowest BCUT2D eigenvalue weighted by atomic mass is 9.82. The quantitative estimate of drug-likeness (QED) is 0.315. The number of thiophene rings is 1. The number of piperidine rings is 1. The molecule has 3 atom stereocenters. The molecule has 47 heavy (non-hydrogen) atoms. The first-order valence-corrected chi connectivity index (χ1v) is 17.1. The van der Waals surface area contributed by atoms with Gasteiger partial charge in [0, 0.05) is 23.3 Å². The molecule has 1 saturated carbocycles. The maximum Gasteiger partial charge on any atom is 0.271 e. The molecule has 254 valence electrons. The van der Waals surface area contributed by atoms with Crippen LogP contribution in [0.4, 0.5) is 11.5 Å². The van der Waals surface area contributed by atoms with Gasteiger partial charge in [-0.05, 0) is 76.2 Å². The van der Waals surface area contributed by atoms with Gasteiger partial charge in [-0.15, -0.1) is 23.7 Å². The molecule has 2 aromatic heterocycles. The summed E-state index contributed by atoms with van der Waals surface area (Å²) in [5.41, 5.74) is 1.11. The number of aromatic nitrogens is 2. The van der Waals surface area contributed by atoms with Crippen molar-refractivity contribution in [3.05, 3.63) is 64.0 Å². The second-order valence-electron chi connectivity index (χ2n) is 13.0. The molecule has 0 bridgehead atoms. The number of carbonyl (C=O) groups is 2. The molecule has 11 nitrogen and oxygen atoms in total. The average Bonchev–Trinajstić information content (AvgIpc) is 3.67. The van der Waals surface area contributed by atoms with Gasteiger partial charge in [-0.3, -0.25) is 19.0 Å². The zero-order chi connectivity index (χ0) is 32.4. The summed E-state index contributed by atoms with van der Waals surface area (Å²) in [5.74, 6) is 0.324. The summed E-state index contributed by atoms with van der Waals surface area (Å²) in [7, 11) is 2.09. The van der Waals surface area contributed by atoms with Crippen LogP contribution in [0.3, 0.4) is 0 Å². The van der Waals surface area contributed by atoms with Crippen molar-refractivity contribution in [1.29, 1.82) is 0 Å². The molecular weight excluding hydrogens is 642 g/mol. The summed E-state index contributed by atoms with van der Waals surface area (Å²) in [5, 5.41) is 22.6. The Bertz CT molecular complexity index is 1590. The molecule has 6 rings (SSSR count). The fraction of sp³-hybridized carbons (Fsp3) is 0.529. The van der Waals surface area contributed by atoms with Crippen LogP contribution in [0.25, 0.3) is 10.4 Å². The van der Waals surface area contributed by atoms with Crippen molar-refractivity contribution >= 4 is 47.1 Å². The summed E-state index contributed by atoms with van der Waals surface area (Å²) in [4.78, 5) is 50.9. The standard InChI is InChI=1S/C34H43N5O6S.ClH/c1-21-8-10-23(11-9-21)34(44)39(24-12-14-37(2)15-13-24)25-16-28(22-6-4-3-5-7-22)46-32(25)33(43)36-29-19-38(30(42)18-35-29)31-17-26(41)27(20-40)45-31;/h3-7,16,18-19,21,23-24,26-27,31,40-41H,8-15,17,20H2,1-2H3,(H,36,43);1H/t21?,23?,26-,27+,31+;/m0./s1. The molecule has 0 unspecified atom stereocenters. The zero-order valence-electron chi connectivity index (χ0n) is 26.8. The van der Waals surface area contributed by atoms with E-state index in [1.165, 1.54) is 22.1 Å². The van der Waals surface area contributed by atoms with Gasteiger partial charge in [0.15, 0.2) is 0 Å². The number of amides is 2. The Balaban J connectivity index is 0.00000433. The lowest BCUT2D eigenvalue weighted by Gasteiger charge is -2.40. The number of nitrogens with one attached hydrogen (secondary N) is 1. The number of nitrogens with zero attached hydrogens (tertiary/aromatic N) is 4. The summed E-state index contributed by atoms with van der Waals surface area (Å²) in [6, 6.07) is 11.8. The number of halogens is 1. The van der Waals surface area contributed by atoms with E-state index in [-0.39, 0.29) is 49.1 Å². The van der Waals surface area contributed by atoms with E-state index in [4.69, 9.17) is 4.74 Å². The highest BCUT2D eigenvalue weighted by atomic mass is 35.5. The predicted molar refractivity (Wildman–Crippen MR) is 184 cm³/mol. The van der Waals surface area contributed by atoms with Crippen LogP contribution in [0.15, 0.2) is 53.6 Å². The van der Waals surface area contributed by atoms with Gasteiger partial charge in [-0.25, -0.2) is 4.98 Å². The van der Waals surface area contributed by atoms with Crippen molar-refractivity contribution in [1.82, 2.24) is 14.5 Å². The Morgan fingerprint density at radius 1 is 1.11 bits per heavy atom. The largest absolute Gasteiger partial charge is 0.394 e. The van der Waals surface area contributed by atoms with E-state index < -0.39 is 29.9 Å². The van der Waals surface area contributed by atoms with Crippen LogP contribution in [0.5, 0.6) is 0 Å². The second-order valence-corrected chi connectivity index (χ2v) is 14.0. The molecule has 0 spiro atoms. The van der Waals surface area contributed by atoms with Gasteiger partial charge in [-0.1, -0.05) is 37.3 Å². The minimum atomic E-state index is -0.923. The van der Waals surface area contributed by atoms with E-state index in [2.05, 4.69) is 29.2 Å². The van der Waals surface area contributed by atoms with Crippen LogP contribution >= 0.6 is 23.7 Å². The maximum atomic E-state index is 14.5. The Hall–Kier alpha value is -3.13. The maximum absolute atomic E-state index is 14.5. The molecule has 3 aliphatic rings. The number of anilines is 2. The molecule has 1 aromatic carbocycles. The highest BCUT2D eigenvalue weighted by Gasteiger charge is 2.38. The summed E-state index contributed by atoms with van der Waals surface area (Å²) >= 11 is 1.34. The van der Waals surface area contributed by atoms with Crippen molar-refractivity contribution < 1.29 is 24.5 Å². The van der Waals surface area contributed by atoms with Crippen LogP contribution in [-0.4, -0.2) is 81.5 Å².